The second kappa shape index (κ2) is 7.33. The van der Waals surface area contributed by atoms with Crippen molar-refractivity contribution in [2.45, 2.75) is 26.3 Å². The predicted octanol–water partition coefficient (Wildman–Crippen LogP) is 2.85. The van der Waals surface area contributed by atoms with Crippen LogP contribution in [0.15, 0.2) is 16.6 Å². The fourth-order valence-electron chi connectivity index (χ4n) is 2.35. The summed E-state index contributed by atoms with van der Waals surface area (Å²) in [5.41, 5.74) is 1.32. The van der Waals surface area contributed by atoms with Crippen LogP contribution in [-0.2, 0) is 9.53 Å². The average molecular weight is 359 g/mol. The van der Waals surface area contributed by atoms with Crippen LogP contribution in [0.5, 0.6) is 0 Å². The molecule has 2 unspecified atom stereocenters. The SMILES string of the molecule is CCCNC1COCC1C(=O)Nc1cc(Br)c(F)cc1C. The van der Waals surface area contributed by atoms with Crippen molar-refractivity contribution in [2.75, 3.05) is 25.1 Å². The number of halogens is 2. The van der Waals surface area contributed by atoms with Crippen LogP contribution in [0, 0.1) is 18.7 Å². The second-order valence-corrected chi connectivity index (χ2v) is 6.13. The Labute approximate surface area is 132 Å². The Kier molecular flexibility index (Phi) is 5.72. The topological polar surface area (TPSA) is 50.4 Å². The number of aryl methyl sites for hydroxylation is 1. The lowest BCUT2D eigenvalue weighted by Crippen LogP contribution is -2.41. The van der Waals surface area contributed by atoms with Gasteiger partial charge in [-0.25, -0.2) is 4.39 Å². The number of hydrogen-bond acceptors (Lipinski definition) is 3. The van der Waals surface area contributed by atoms with Gasteiger partial charge < -0.3 is 15.4 Å². The highest BCUT2D eigenvalue weighted by molar-refractivity contribution is 9.10. The van der Waals surface area contributed by atoms with Crippen LogP contribution in [0.25, 0.3) is 0 Å². The summed E-state index contributed by atoms with van der Waals surface area (Å²) in [6.45, 7) is 5.66. The van der Waals surface area contributed by atoms with Crippen LogP contribution in [-0.4, -0.2) is 31.7 Å². The van der Waals surface area contributed by atoms with Crippen molar-refractivity contribution < 1.29 is 13.9 Å². The normalized spacial score (nSPS) is 21.5. The molecule has 1 aliphatic rings. The molecule has 0 spiro atoms. The van der Waals surface area contributed by atoms with Gasteiger partial charge in [-0.1, -0.05) is 6.92 Å². The Morgan fingerprint density at radius 2 is 2.24 bits per heavy atom. The van der Waals surface area contributed by atoms with E-state index in [1.165, 1.54) is 6.07 Å². The summed E-state index contributed by atoms with van der Waals surface area (Å²) in [5.74, 6) is -0.653. The number of hydrogen-bond donors (Lipinski definition) is 2. The van der Waals surface area contributed by atoms with Gasteiger partial charge in [0, 0.05) is 11.7 Å². The van der Waals surface area contributed by atoms with E-state index in [4.69, 9.17) is 4.74 Å². The first-order valence-corrected chi connectivity index (χ1v) is 7.89. The van der Waals surface area contributed by atoms with Crippen LogP contribution in [0.1, 0.15) is 18.9 Å². The molecular formula is C15H20BrFN2O2. The van der Waals surface area contributed by atoms with Crippen LogP contribution >= 0.6 is 15.9 Å². The molecule has 1 aromatic rings. The van der Waals surface area contributed by atoms with Crippen molar-refractivity contribution in [1.29, 1.82) is 0 Å². The molecule has 1 amide bonds. The summed E-state index contributed by atoms with van der Waals surface area (Å²) in [7, 11) is 0. The number of ether oxygens (including phenoxy) is 1. The fourth-order valence-corrected chi connectivity index (χ4v) is 2.69. The molecule has 1 fully saturated rings. The molecule has 0 bridgehead atoms. The maximum atomic E-state index is 13.4. The molecule has 4 nitrogen and oxygen atoms in total. The summed E-state index contributed by atoms with van der Waals surface area (Å²) in [6, 6.07) is 3.03. The van der Waals surface area contributed by atoms with E-state index in [1.54, 1.807) is 13.0 Å². The van der Waals surface area contributed by atoms with E-state index < -0.39 is 0 Å². The summed E-state index contributed by atoms with van der Waals surface area (Å²) < 4.78 is 19.2. The lowest BCUT2D eigenvalue weighted by Gasteiger charge is -2.19. The molecular weight excluding hydrogens is 339 g/mol. The Bertz CT molecular complexity index is 525. The number of amides is 1. The minimum absolute atomic E-state index is 0.0362. The maximum absolute atomic E-state index is 13.4. The van der Waals surface area contributed by atoms with Gasteiger partial charge in [0.25, 0.3) is 0 Å². The van der Waals surface area contributed by atoms with Crippen LogP contribution in [0.3, 0.4) is 0 Å². The molecule has 1 aromatic carbocycles. The van der Waals surface area contributed by atoms with E-state index in [0.29, 0.717) is 28.9 Å². The first kappa shape index (κ1) is 16.4. The van der Waals surface area contributed by atoms with Gasteiger partial charge in [0.15, 0.2) is 0 Å². The van der Waals surface area contributed by atoms with Gasteiger partial charge in [-0.15, -0.1) is 0 Å². The van der Waals surface area contributed by atoms with Crippen LogP contribution in [0.4, 0.5) is 10.1 Å². The minimum Gasteiger partial charge on any atom is -0.379 e. The average Bonchev–Trinajstić information content (AvgIpc) is 2.91. The molecule has 1 heterocycles. The van der Waals surface area contributed by atoms with Crippen molar-refractivity contribution in [2.24, 2.45) is 5.92 Å². The van der Waals surface area contributed by atoms with Crippen molar-refractivity contribution in [3.05, 3.63) is 28.0 Å². The summed E-state index contributed by atoms with van der Waals surface area (Å²) in [5, 5.41) is 6.20. The van der Waals surface area contributed by atoms with Gasteiger partial charge in [-0.2, -0.15) is 0 Å². The molecule has 116 valence electrons. The molecule has 2 rings (SSSR count). The van der Waals surface area contributed by atoms with Gasteiger partial charge in [-0.3, -0.25) is 4.79 Å². The third-order valence-electron chi connectivity index (χ3n) is 3.60. The largest absolute Gasteiger partial charge is 0.379 e. The van der Waals surface area contributed by atoms with E-state index in [-0.39, 0.29) is 23.7 Å². The molecule has 1 saturated heterocycles. The van der Waals surface area contributed by atoms with E-state index >= 15 is 0 Å². The molecule has 6 heteroatoms. The second-order valence-electron chi connectivity index (χ2n) is 5.28. The number of carbonyl (C=O) groups is 1. The highest BCUT2D eigenvalue weighted by Gasteiger charge is 2.33. The highest BCUT2D eigenvalue weighted by Crippen LogP contribution is 2.25. The van der Waals surface area contributed by atoms with Gasteiger partial charge in [0.05, 0.1) is 23.6 Å². The molecule has 0 aliphatic carbocycles. The number of carbonyl (C=O) groups excluding carboxylic acids is 1. The molecule has 0 radical (unpaired) electrons. The van der Waals surface area contributed by atoms with Crippen molar-refractivity contribution in [3.63, 3.8) is 0 Å². The number of anilines is 1. The number of nitrogens with one attached hydrogen (secondary N) is 2. The molecule has 0 aromatic heterocycles. The smallest absolute Gasteiger partial charge is 0.231 e. The van der Waals surface area contributed by atoms with Crippen molar-refractivity contribution in [1.82, 2.24) is 5.32 Å². The Morgan fingerprint density at radius 3 is 2.95 bits per heavy atom. The van der Waals surface area contributed by atoms with Crippen molar-refractivity contribution in [3.8, 4) is 0 Å². The van der Waals surface area contributed by atoms with Gasteiger partial charge in [-0.05, 0) is 53.5 Å². The third kappa shape index (κ3) is 4.02. The standard InChI is InChI=1S/C15H20BrFN2O2/c1-3-4-18-14-8-21-7-10(14)15(20)19-13-6-11(16)12(17)5-9(13)2/h5-6,10,14,18H,3-4,7-8H2,1-2H3,(H,19,20). The van der Waals surface area contributed by atoms with E-state index in [0.717, 1.165) is 13.0 Å². The van der Waals surface area contributed by atoms with Crippen LogP contribution in [0.2, 0.25) is 0 Å². The Hall–Kier alpha value is -0.980. The first-order valence-electron chi connectivity index (χ1n) is 7.10. The fraction of sp³-hybridized carbons (Fsp3) is 0.533. The zero-order valence-corrected chi connectivity index (χ0v) is 13.8. The molecule has 2 N–H and O–H groups in total. The zero-order chi connectivity index (χ0) is 15.4. The molecule has 2 atom stereocenters. The van der Waals surface area contributed by atoms with Gasteiger partial charge in [0.1, 0.15) is 5.82 Å². The lowest BCUT2D eigenvalue weighted by atomic mass is 10.0. The quantitative estimate of drug-likeness (QED) is 0.850. The summed E-state index contributed by atoms with van der Waals surface area (Å²) >= 11 is 3.14. The van der Waals surface area contributed by atoms with Crippen LogP contribution < -0.4 is 10.6 Å². The minimum atomic E-state index is -0.336. The van der Waals surface area contributed by atoms with Gasteiger partial charge in [0.2, 0.25) is 5.91 Å². The third-order valence-corrected chi connectivity index (χ3v) is 4.21. The van der Waals surface area contributed by atoms with Crippen molar-refractivity contribution >= 4 is 27.5 Å². The number of rotatable bonds is 5. The Balaban J connectivity index is 2.05. The van der Waals surface area contributed by atoms with Gasteiger partial charge >= 0.3 is 0 Å². The molecule has 1 aliphatic heterocycles. The van der Waals surface area contributed by atoms with E-state index in [1.807, 2.05) is 0 Å². The first-order chi connectivity index (χ1) is 10.0. The summed E-state index contributed by atoms with van der Waals surface area (Å²) in [4.78, 5) is 12.4. The predicted molar refractivity (Wildman–Crippen MR) is 83.9 cm³/mol. The summed E-state index contributed by atoms with van der Waals surface area (Å²) in [6.07, 6.45) is 1.01. The number of benzene rings is 1. The zero-order valence-electron chi connectivity index (χ0n) is 12.2. The lowest BCUT2D eigenvalue weighted by molar-refractivity contribution is -0.120. The highest BCUT2D eigenvalue weighted by atomic mass is 79.9. The molecule has 21 heavy (non-hydrogen) atoms. The maximum Gasteiger partial charge on any atom is 0.231 e. The van der Waals surface area contributed by atoms with E-state index in [2.05, 4.69) is 33.5 Å². The monoisotopic (exact) mass is 358 g/mol. The Morgan fingerprint density at radius 1 is 1.48 bits per heavy atom. The van der Waals surface area contributed by atoms with E-state index in [9.17, 15) is 9.18 Å². The molecule has 0 saturated carbocycles.